The topological polar surface area (TPSA) is 49.4 Å². The zero-order valence-electron chi connectivity index (χ0n) is 13.3. The van der Waals surface area contributed by atoms with Gasteiger partial charge in [0.2, 0.25) is 11.8 Å². The van der Waals surface area contributed by atoms with Crippen molar-refractivity contribution in [3.8, 4) is 0 Å². The molecule has 0 aromatic rings. The lowest BCUT2D eigenvalue weighted by atomic mass is 9.84. The number of piperazine rings is 1. The van der Waals surface area contributed by atoms with Crippen LogP contribution in [0.1, 0.15) is 52.9 Å². The minimum absolute atomic E-state index is 0.0357. The van der Waals surface area contributed by atoms with E-state index in [2.05, 4.69) is 17.5 Å². The van der Waals surface area contributed by atoms with Gasteiger partial charge in [0, 0.05) is 6.04 Å². The van der Waals surface area contributed by atoms with E-state index in [1.165, 1.54) is 0 Å². The first-order valence-electron chi connectivity index (χ1n) is 8.25. The molecule has 1 heterocycles. The Labute approximate surface area is 127 Å². The number of amides is 2. The number of rotatable bonds is 3. The van der Waals surface area contributed by atoms with Crippen LogP contribution in [-0.4, -0.2) is 34.3 Å². The van der Waals surface area contributed by atoms with Crippen molar-refractivity contribution >= 4 is 11.8 Å². The van der Waals surface area contributed by atoms with Gasteiger partial charge < -0.3 is 10.2 Å². The van der Waals surface area contributed by atoms with Crippen molar-refractivity contribution in [1.82, 2.24) is 10.2 Å². The fourth-order valence-corrected chi connectivity index (χ4v) is 3.89. The zero-order chi connectivity index (χ0) is 15.2. The molecular formula is C17H26N2O2. The zero-order valence-corrected chi connectivity index (χ0v) is 13.3. The smallest absolute Gasteiger partial charge is 0.249 e. The van der Waals surface area contributed by atoms with Gasteiger partial charge in [-0.3, -0.25) is 9.59 Å². The molecular weight excluding hydrogens is 264 g/mol. The van der Waals surface area contributed by atoms with Gasteiger partial charge in [0.15, 0.2) is 0 Å². The highest BCUT2D eigenvalue weighted by Gasteiger charge is 2.56. The second-order valence-electron chi connectivity index (χ2n) is 7.31. The normalized spacial score (nSPS) is 37.0. The molecule has 1 N–H and O–H groups in total. The van der Waals surface area contributed by atoms with Gasteiger partial charge in [-0.15, -0.1) is 0 Å². The van der Waals surface area contributed by atoms with Gasteiger partial charge in [0.25, 0.3) is 0 Å². The fourth-order valence-electron chi connectivity index (χ4n) is 3.89. The lowest BCUT2D eigenvalue weighted by Gasteiger charge is -2.49. The molecule has 21 heavy (non-hydrogen) atoms. The summed E-state index contributed by atoms with van der Waals surface area (Å²) in [6.45, 7) is 5.99. The summed E-state index contributed by atoms with van der Waals surface area (Å²) in [5.74, 6) is 0.643. The van der Waals surface area contributed by atoms with Crippen LogP contribution < -0.4 is 5.32 Å². The third-order valence-electron chi connectivity index (χ3n) is 5.29. The van der Waals surface area contributed by atoms with Crippen molar-refractivity contribution in [3.05, 3.63) is 12.2 Å². The molecule has 0 bridgehead atoms. The first-order valence-corrected chi connectivity index (χ1v) is 8.25. The number of allylic oxidation sites excluding steroid dienone is 1. The molecule has 1 saturated carbocycles. The van der Waals surface area contributed by atoms with E-state index in [9.17, 15) is 9.59 Å². The second kappa shape index (κ2) is 5.15. The van der Waals surface area contributed by atoms with Crippen LogP contribution in [0.15, 0.2) is 12.2 Å². The summed E-state index contributed by atoms with van der Waals surface area (Å²) in [4.78, 5) is 27.8. The van der Waals surface area contributed by atoms with E-state index in [1.807, 2.05) is 25.7 Å². The van der Waals surface area contributed by atoms with Crippen molar-refractivity contribution in [3.63, 3.8) is 0 Å². The summed E-state index contributed by atoms with van der Waals surface area (Å²) < 4.78 is 0. The molecule has 3 rings (SSSR count). The highest BCUT2D eigenvalue weighted by atomic mass is 16.2. The van der Waals surface area contributed by atoms with Crippen LogP contribution in [0.3, 0.4) is 0 Å². The van der Waals surface area contributed by atoms with Gasteiger partial charge in [-0.1, -0.05) is 26.0 Å². The van der Waals surface area contributed by atoms with Crippen LogP contribution in [0.4, 0.5) is 0 Å². The highest BCUT2D eigenvalue weighted by Crippen LogP contribution is 2.43. The van der Waals surface area contributed by atoms with Crippen molar-refractivity contribution in [2.24, 2.45) is 11.8 Å². The first kappa shape index (κ1) is 14.6. The van der Waals surface area contributed by atoms with Gasteiger partial charge in [0.05, 0.1) is 0 Å². The molecule has 2 aliphatic carbocycles. The molecule has 4 nitrogen and oxygen atoms in total. The van der Waals surface area contributed by atoms with Crippen LogP contribution >= 0.6 is 0 Å². The summed E-state index contributed by atoms with van der Waals surface area (Å²) >= 11 is 0. The van der Waals surface area contributed by atoms with Crippen LogP contribution in [0.5, 0.6) is 0 Å². The predicted molar refractivity (Wildman–Crippen MR) is 81.5 cm³/mol. The van der Waals surface area contributed by atoms with E-state index in [0.29, 0.717) is 5.92 Å². The third kappa shape index (κ3) is 2.39. The maximum absolute atomic E-state index is 13.2. The van der Waals surface area contributed by atoms with Gasteiger partial charge in [0.1, 0.15) is 11.6 Å². The molecule has 1 saturated heterocycles. The average molecular weight is 290 g/mol. The van der Waals surface area contributed by atoms with E-state index >= 15 is 0 Å². The second-order valence-corrected chi connectivity index (χ2v) is 7.31. The van der Waals surface area contributed by atoms with Crippen molar-refractivity contribution in [1.29, 1.82) is 0 Å². The summed E-state index contributed by atoms with van der Waals surface area (Å²) in [6, 6.07) is -0.139. The van der Waals surface area contributed by atoms with E-state index < -0.39 is 5.54 Å². The molecule has 2 fully saturated rings. The minimum atomic E-state index is -0.677. The fraction of sp³-hybridized carbons (Fsp3) is 0.765. The molecule has 3 aliphatic rings. The molecule has 0 spiro atoms. The first-order chi connectivity index (χ1) is 9.95. The van der Waals surface area contributed by atoms with Crippen LogP contribution in [0, 0.1) is 11.8 Å². The number of nitrogens with one attached hydrogen (secondary N) is 1. The molecule has 4 heteroatoms. The Morgan fingerprint density at radius 2 is 1.95 bits per heavy atom. The molecule has 3 atom stereocenters. The maximum atomic E-state index is 13.2. The quantitative estimate of drug-likeness (QED) is 0.810. The summed E-state index contributed by atoms with van der Waals surface area (Å²) in [5, 5.41) is 3.06. The SMILES string of the molecule is CC(C)C1C(=O)NC(C)(C2CC2)C(=O)N1C1CC=CCC1. The average Bonchev–Trinajstić information content (AvgIpc) is 3.28. The number of hydrogen-bond acceptors (Lipinski definition) is 2. The van der Waals surface area contributed by atoms with E-state index in [4.69, 9.17) is 0 Å². The number of hydrogen-bond donors (Lipinski definition) is 1. The third-order valence-corrected chi connectivity index (χ3v) is 5.29. The predicted octanol–water partition coefficient (Wildman–Crippen LogP) is 2.25. The van der Waals surface area contributed by atoms with Crippen molar-refractivity contribution in [2.75, 3.05) is 0 Å². The molecule has 0 aromatic heterocycles. The Kier molecular flexibility index (Phi) is 3.58. The minimum Gasteiger partial charge on any atom is -0.340 e. The van der Waals surface area contributed by atoms with Crippen LogP contribution in [0.25, 0.3) is 0 Å². The molecule has 116 valence electrons. The Balaban J connectivity index is 1.94. The Hall–Kier alpha value is -1.32. The van der Waals surface area contributed by atoms with Gasteiger partial charge in [-0.2, -0.15) is 0 Å². The van der Waals surface area contributed by atoms with Crippen molar-refractivity contribution in [2.45, 2.75) is 70.5 Å². The van der Waals surface area contributed by atoms with Crippen molar-refractivity contribution < 1.29 is 9.59 Å². The maximum Gasteiger partial charge on any atom is 0.249 e. The van der Waals surface area contributed by atoms with Crippen LogP contribution in [-0.2, 0) is 9.59 Å². The van der Waals surface area contributed by atoms with Gasteiger partial charge in [-0.05, 0) is 50.9 Å². The number of carbonyl (C=O) groups excluding carboxylic acids is 2. The molecule has 3 unspecified atom stereocenters. The highest BCUT2D eigenvalue weighted by molar-refractivity contribution is 6.00. The molecule has 1 aliphatic heterocycles. The number of carbonyl (C=O) groups is 2. The summed E-state index contributed by atoms with van der Waals surface area (Å²) in [6.07, 6.45) is 9.28. The van der Waals surface area contributed by atoms with E-state index in [0.717, 1.165) is 32.1 Å². The number of nitrogens with zero attached hydrogens (tertiary/aromatic N) is 1. The lowest BCUT2D eigenvalue weighted by Crippen LogP contribution is -2.72. The Morgan fingerprint density at radius 1 is 1.24 bits per heavy atom. The standard InChI is InChI=1S/C17H26N2O2/c1-11(2)14-15(20)18-17(3,12-9-10-12)16(21)19(14)13-7-5-4-6-8-13/h4-5,11-14H,6-10H2,1-3H3,(H,18,20). The monoisotopic (exact) mass is 290 g/mol. The lowest BCUT2D eigenvalue weighted by molar-refractivity contribution is -0.160. The molecule has 2 amide bonds. The summed E-state index contributed by atoms with van der Waals surface area (Å²) in [7, 11) is 0. The van der Waals surface area contributed by atoms with Crippen LogP contribution in [0.2, 0.25) is 0 Å². The Bertz CT molecular complexity index is 481. The molecule has 0 radical (unpaired) electrons. The Morgan fingerprint density at radius 3 is 2.48 bits per heavy atom. The summed E-state index contributed by atoms with van der Waals surface area (Å²) in [5.41, 5.74) is -0.677. The van der Waals surface area contributed by atoms with Gasteiger partial charge >= 0.3 is 0 Å². The van der Waals surface area contributed by atoms with E-state index in [1.54, 1.807) is 0 Å². The molecule has 0 aromatic carbocycles. The van der Waals surface area contributed by atoms with Gasteiger partial charge in [-0.25, -0.2) is 0 Å². The largest absolute Gasteiger partial charge is 0.340 e. The van der Waals surface area contributed by atoms with E-state index in [-0.39, 0.29) is 29.8 Å².